The van der Waals surface area contributed by atoms with E-state index in [1.807, 2.05) is 12.1 Å². The molecule has 7 heteroatoms. The molecule has 2 aromatic rings. The van der Waals surface area contributed by atoms with E-state index in [1.165, 1.54) is 24.2 Å². The number of amides is 1. The van der Waals surface area contributed by atoms with E-state index in [0.29, 0.717) is 21.0 Å². The maximum Gasteiger partial charge on any atom is 0.257 e. The molecule has 1 aliphatic carbocycles. The third-order valence-electron chi connectivity index (χ3n) is 4.08. The number of nitrogens with zero attached hydrogens (tertiary/aromatic N) is 2. The van der Waals surface area contributed by atoms with Gasteiger partial charge in [0.25, 0.3) is 5.91 Å². The number of anilines is 1. The molecule has 1 saturated carbocycles. The topological polar surface area (TPSA) is 54.9 Å². The lowest BCUT2D eigenvalue weighted by atomic mass is 9.99. The van der Waals surface area contributed by atoms with Crippen LogP contribution in [0.4, 0.5) is 5.13 Å². The minimum absolute atomic E-state index is 0.157. The van der Waals surface area contributed by atoms with Crippen LogP contribution in [-0.2, 0) is 4.79 Å². The molecule has 1 amide bonds. The first-order valence-corrected chi connectivity index (χ1v) is 10.6. The highest BCUT2D eigenvalue weighted by Crippen LogP contribution is 2.30. The number of aromatic nitrogens is 2. The fourth-order valence-electron chi connectivity index (χ4n) is 2.91. The van der Waals surface area contributed by atoms with Gasteiger partial charge in [0.05, 0.1) is 11.2 Å². The summed E-state index contributed by atoms with van der Waals surface area (Å²) in [4.78, 5) is 21.4. The van der Waals surface area contributed by atoms with Crippen LogP contribution in [0.25, 0.3) is 5.57 Å². The average molecular weight is 394 g/mol. The summed E-state index contributed by atoms with van der Waals surface area (Å²) in [6, 6.07) is 3.94. The minimum atomic E-state index is -0.157. The van der Waals surface area contributed by atoms with Crippen LogP contribution in [0.5, 0.6) is 0 Å². The number of nitrogens with one attached hydrogen (secondary N) is 1. The zero-order valence-electron chi connectivity index (χ0n) is 14.0. The molecule has 0 unspecified atom stereocenters. The average Bonchev–Trinajstić information content (AvgIpc) is 3.25. The molecule has 1 N–H and O–H groups in total. The van der Waals surface area contributed by atoms with Gasteiger partial charge in [0.2, 0.25) is 0 Å². The molecule has 2 heterocycles. The van der Waals surface area contributed by atoms with Gasteiger partial charge in [0, 0.05) is 17.3 Å². The molecule has 25 heavy (non-hydrogen) atoms. The van der Waals surface area contributed by atoms with Crippen LogP contribution in [0, 0.1) is 5.92 Å². The lowest BCUT2D eigenvalue weighted by Crippen LogP contribution is -2.14. The summed E-state index contributed by atoms with van der Waals surface area (Å²) in [5.74, 6) is 1.27. The Hall–Kier alpha value is -1.37. The standard InChI is InChI=1S/C18H20ClN3OS2/c1-2-24-16-8-7-13(10-20-16)14(9-12-5-3-4-6-12)17(23)22-18-21-11-15(19)25-18/h7-12H,2-6H2,1H3,(H,21,22,23)/b14-9+. The Morgan fingerprint density at radius 2 is 2.16 bits per heavy atom. The lowest BCUT2D eigenvalue weighted by Gasteiger charge is -2.11. The number of pyridine rings is 1. The highest BCUT2D eigenvalue weighted by Gasteiger charge is 2.19. The zero-order chi connectivity index (χ0) is 17.6. The molecule has 0 spiro atoms. The molecule has 0 aromatic carbocycles. The molecule has 4 nitrogen and oxygen atoms in total. The monoisotopic (exact) mass is 393 g/mol. The van der Waals surface area contributed by atoms with Crippen molar-refractivity contribution >= 4 is 51.3 Å². The maximum atomic E-state index is 12.8. The summed E-state index contributed by atoms with van der Waals surface area (Å²) < 4.78 is 0.555. The first-order chi connectivity index (χ1) is 12.2. The Labute approximate surface area is 161 Å². The second-order valence-corrected chi connectivity index (χ2v) is 8.81. The summed E-state index contributed by atoms with van der Waals surface area (Å²) in [5, 5.41) is 4.34. The van der Waals surface area contributed by atoms with E-state index in [1.54, 1.807) is 24.2 Å². The fraction of sp³-hybridized carbons (Fsp3) is 0.389. The van der Waals surface area contributed by atoms with Crippen LogP contribution < -0.4 is 5.32 Å². The molecule has 132 valence electrons. The van der Waals surface area contributed by atoms with Crippen LogP contribution >= 0.6 is 34.7 Å². The number of thioether (sulfide) groups is 1. The molecule has 0 radical (unpaired) electrons. The molecular weight excluding hydrogens is 374 g/mol. The second kappa shape index (κ2) is 8.83. The number of thiazole rings is 1. The number of halogens is 1. The quantitative estimate of drug-likeness (QED) is 0.518. The van der Waals surface area contributed by atoms with Crippen molar-refractivity contribution in [1.82, 2.24) is 9.97 Å². The Bertz CT molecular complexity index is 752. The number of hydrogen-bond acceptors (Lipinski definition) is 5. The maximum absolute atomic E-state index is 12.8. The van der Waals surface area contributed by atoms with Gasteiger partial charge in [-0.3, -0.25) is 10.1 Å². The van der Waals surface area contributed by atoms with E-state index in [0.717, 1.165) is 29.2 Å². The van der Waals surface area contributed by atoms with E-state index >= 15 is 0 Å². The Morgan fingerprint density at radius 3 is 2.76 bits per heavy atom. The largest absolute Gasteiger partial charge is 0.298 e. The van der Waals surface area contributed by atoms with E-state index in [-0.39, 0.29) is 5.91 Å². The first kappa shape index (κ1) is 18.4. The Kier molecular flexibility index (Phi) is 6.51. The highest BCUT2D eigenvalue weighted by molar-refractivity contribution is 7.99. The van der Waals surface area contributed by atoms with Crippen molar-refractivity contribution in [3.05, 3.63) is 40.5 Å². The van der Waals surface area contributed by atoms with E-state index in [2.05, 4.69) is 28.3 Å². The van der Waals surface area contributed by atoms with Crippen LogP contribution in [0.2, 0.25) is 4.34 Å². The third-order valence-corrected chi connectivity index (χ3v) is 5.94. The number of carbonyl (C=O) groups is 1. The van der Waals surface area contributed by atoms with Gasteiger partial charge >= 0.3 is 0 Å². The van der Waals surface area contributed by atoms with Crippen molar-refractivity contribution in [3.8, 4) is 0 Å². The molecule has 1 fully saturated rings. The molecule has 0 saturated heterocycles. The summed E-state index contributed by atoms with van der Waals surface area (Å²) >= 11 is 8.85. The van der Waals surface area contributed by atoms with E-state index in [9.17, 15) is 4.79 Å². The summed E-state index contributed by atoms with van der Waals surface area (Å²) in [7, 11) is 0. The van der Waals surface area contributed by atoms with Gasteiger partial charge < -0.3 is 0 Å². The number of hydrogen-bond donors (Lipinski definition) is 1. The Balaban J connectivity index is 1.84. The van der Waals surface area contributed by atoms with Crippen LogP contribution in [0.1, 0.15) is 38.2 Å². The second-order valence-electron chi connectivity index (χ2n) is 5.87. The lowest BCUT2D eigenvalue weighted by molar-refractivity contribution is -0.111. The number of rotatable bonds is 6. The van der Waals surface area contributed by atoms with Gasteiger partial charge in [0.15, 0.2) is 5.13 Å². The van der Waals surface area contributed by atoms with Crippen molar-refractivity contribution in [2.45, 2.75) is 37.6 Å². The Morgan fingerprint density at radius 1 is 1.36 bits per heavy atom. The molecular formula is C18H20ClN3OS2. The summed E-state index contributed by atoms with van der Waals surface area (Å²) in [6.07, 6.45) is 10.1. The number of carbonyl (C=O) groups excluding carboxylic acids is 1. The van der Waals surface area contributed by atoms with Gasteiger partial charge in [-0.1, -0.05) is 48.8 Å². The van der Waals surface area contributed by atoms with Crippen LogP contribution in [-0.4, -0.2) is 21.6 Å². The van der Waals surface area contributed by atoms with Crippen molar-refractivity contribution in [2.24, 2.45) is 5.92 Å². The smallest absolute Gasteiger partial charge is 0.257 e. The van der Waals surface area contributed by atoms with Crippen molar-refractivity contribution in [1.29, 1.82) is 0 Å². The van der Waals surface area contributed by atoms with Gasteiger partial charge in [0.1, 0.15) is 4.34 Å². The first-order valence-electron chi connectivity index (χ1n) is 8.39. The minimum Gasteiger partial charge on any atom is -0.298 e. The molecule has 1 aliphatic rings. The van der Waals surface area contributed by atoms with Crippen molar-refractivity contribution in [2.75, 3.05) is 11.1 Å². The van der Waals surface area contributed by atoms with Crippen molar-refractivity contribution in [3.63, 3.8) is 0 Å². The van der Waals surface area contributed by atoms with Gasteiger partial charge in [-0.05, 0) is 36.6 Å². The fourth-order valence-corrected chi connectivity index (χ4v) is 4.31. The highest BCUT2D eigenvalue weighted by atomic mass is 35.5. The zero-order valence-corrected chi connectivity index (χ0v) is 16.4. The predicted molar refractivity (Wildman–Crippen MR) is 106 cm³/mol. The van der Waals surface area contributed by atoms with Crippen molar-refractivity contribution < 1.29 is 4.79 Å². The van der Waals surface area contributed by atoms with Crippen LogP contribution in [0.3, 0.4) is 0 Å². The van der Waals surface area contributed by atoms with Gasteiger partial charge in [-0.2, -0.15) is 0 Å². The summed E-state index contributed by atoms with van der Waals surface area (Å²) in [6.45, 7) is 2.10. The molecule has 0 atom stereocenters. The molecule has 2 aromatic heterocycles. The van der Waals surface area contributed by atoms with Gasteiger partial charge in [-0.25, -0.2) is 9.97 Å². The SMILES string of the molecule is CCSc1ccc(/C(=C\C2CCCC2)C(=O)Nc2ncc(Cl)s2)cn1. The predicted octanol–water partition coefficient (Wildman–Crippen LogP) is 5.52. The van der Waals surface area contributed by atoms with Crippen LogP contribution in [0.15, 0.2) is 35.6 Å². The van der Waals surface area contributed by atoms with Gasteiger partial charge in [-0.15, -0.1) is 11.8 Å². The molecule has 0 aliphatic heterocycles. The van der Waals surface area contributed by atoms with E-state index in [4.69, 9.17) is 11.6 Å². The summed E-state index contributed by atoms with van der Waals surface area (Å²) in [5.41, 5.74) is 1.51. The normalized spacial score (nSPS) is 15.5. The third kappa shape index (κ3) is 5.06. The molecule has 3 rings (SSSR count). The number of allylic oxidation sites excluding steroid dienone is 1. The molecule has 0 bridgehead atoms. The van der Waals surface area contributed by atoms with E-state index < -0.39 is 0 Å².